The number of likely N-dealkylation sites (N-methyl/N-ethyl adjacent to an activating group) is 1. The molecule has 0 saturated carbocycles. The van der Waals surface area contributed by atoms with E-state index in [1.165, 1.54) is 19.2 Å². The Balaban J connectivity index is 1.40. The number of amides is 1. The van der Waals surface area contributed by atoms with Crippen LogP contribution in [0.2, 0.25) is 0 Å². The summed E-state index contributed by atoms with van der Waals surface area (Å²) in [7, 11) is 1.35. The molecule has 1 N–H and O–H groups in total. The minimum absolute atomic E-state index is 0.0292. The first kappa shape index (κ1) is 24.3. The molecule has 1 aliphatic rings. The minimum Gasteiger partial charge on any atom is -0.480 e. The molecule has 0 aromatic heterocycles. The van der Waals surface area contributed by atoms with Crippen LogP contribution in [-0.4, -0.2) is 41.8 Å². The fraction of sp³-hybridized carbons (Fsp3) is 0.259. The molecule has 5 nitrogen and oxygen atoms in total. The van der Waals surface area contributed by atoms with Crippen molar-refractivity contribution in [3.63, 3.8) is 0 Å². The van der Waals surface area contributed by atoms with E-state index in [0.29, 0.717) is 5.56 Å². The fourth-order valence-corrected chi connectivity index (χ4v) is 4.47. The third-order valence-electron chi connectivity index (χ3n) is 6.36. The Hall–Kier alpha value is -3.81. The minimum atomic E-state index is -4.44. The Labute approximate surface area is 200 Å². The molecule has 182 valence electrons. The lowest BCUT2D eigenvalue weighted by Gasteiger charge is -2.25. The van der Waals surface area contributed by atoms with Gasteiger partial charge in [-0.3, -0.25) is 4.90 Å². The van der Waals surface area contributed by atoms with Gasteiger partial charge in [0.25, 0.3) is 0 Å². The second-order valence-corrected chi connectivity index (χ2v) is 8.50. The Morgan fingerprint density at radius 3 is 2.00 bits per heavy atom. The summed E-state index contributed by atoms with van der Waals surface area (Å²) in [5.41, 5.74) is 4.02. The average Bonchev–Trinajstić information content (AvgIpc) is 3.16. The molecular formula is C27H24F3NO4. The van der Waals surface area contributed by atoms with Crippen LogP contribution in [0.15, 0.2) is 72.8 Å². The van der Waals surface area contributed by atoms with Crippen molar-refractivity contribution >= 4 is 12.1 Å². The number of carboxylic acid groups (broad SMARTS) is 1. The van der Waals surface area contributed by atoms with Crippen LogP contribution in [0.1, 0.15) is 34.6 Å². The van der Waals surface area contributed by atoms with Crippen molar-refractivity contribution in [1.82, 2.24) is 4.90 Å². The molecule has 3 aromatic carbocycles. The first-order chi connectivity index (χ1) is 16.7. The number of rotatable bonds is 7. The Bertz CT molecular complexity index is 1180. The third-order valence-corrected chi connectivity index (χ3v) is 6.36. The lowest BCUT2D eigenvalue weighted by molar-refractivity contribution is -0.142. The zero-order chi connectivity index (χ0) is 25.2. The van der Waals surface area contributed by atoms with Gasteiger partial charge in [-0.25, -0.2) is 9.59 Å². The molecule has 0 aliphatic heterocycles. The molecule has 4 rings (SSSR count). The number of fused-ring (bicyclic) bond motifs is 3. The highest BCUT2D eigenvalue weighted by molar-refractivity contribution is 5.81. The van der Waals surface area contributed by atoms with Gasteiger partial charge in [-0.15, -0.1) is 0 Å². The highest BCUT2D eigenvalue weighted by Gasteiger charge is 2.32. The van der Waals surface area contributed by atoms with Crippen LogP contribution in [0.3, 0.4) is 0 Å². The van der Waals surface area contributed by atoms with Crippen molar-refractivity contribution in [3.8, 4) is 11.1 Å². The second-order valence-electron chi connectivity index (χ2n) is 8.50. The number of hydrogen-bond acceptors (Lipinski definition) is 3. The maximum atomic E-state index is 12.8. The number of carbonyl (C=O) groups is 2. The summed E-state index contributed by atoms with van der Waals surface area (Å²) >= 11 is 0. The van der Waals surface area contributed by atoms with Crippen molar-refractivity contribution in [2.24, 2.45) is 0 Å². The predicted octanol–water partition coefficient (Wildman–Crippen LogP) is 5.97. The quantitative estimate of drug-likeness (QED) is 0.450. The summed E-state index contributed by atoms with van der Waals surface area (Å²) in [4.78, 5) is 25.6. The van der Waals surface area contributed by atoms with Gasteiger partial charge in [-0.2, -0.15) is 13.2 Å². The molecule has 8 heteroatoms. The lowest BCUT2D eigenvalue weighted by atomic mass is 9.98. The van der Waals surface area contributed by atoms with Crippen molar-refractivity contribution in [2.75, 3.05) is 13.7 Å². The molecule has 35 heavy (non-hydrogen) atoms. The monoisotopic (exact) mass is 483 g/mol. The molecule has 0 radical (unpaired) electrons. The van der Waals surface area contributed by atoms with Gasteiger partial charge in [0.2, 0.25) is 0 Å². The number of aliphatic carboxylic acids is 1. The van der Waals surface area contributed by atoms with E-state index in [1.807, 2.05) is 48.5 Å². The van der Waals surface area contributed by atoms with Gasteiger partial charge in [-0.1, -0.05) is 60.7 Å². The van der Waals surface area contributed by atoms with Gasteiger partial charge in [0.05, 0.1) is 5.56 Å². The summed E-state index contributed by atoms with van der Waals surface area (Å²) in [6, 6.07) is 19.1. The molecule has 3 aromatic rings. The van der Waals surface area contributed by atoms with Crippen molar-refractivity contribution in [2.45, 2.75) is 31.0 Å². The molecule has 1 aliphatic carbocycles. The molecule has 0 fully saturated rings. The van der Waals surface area contributed by atoms with E-state index >= 15 is 0 Å². The predicted molar refractivity (Wildman–Crippen MR) is 124 cm³/mol. The van der Waals surface area contributed by atoms with E-state index in [4.69, 9.17) is 4.74 Å². The zero-order valence-electron chi connectivity index (χ0n) is 19.0. The number of hydrogen-bond donors (Lipinski definition) is 1. The maximum absolute atomic E-state index is 12.8. The van der Waals surface area contributed by atoms with E-state index in [-0.39, 0.29) is 25.4 Å². The zero-order valence-corrected chi connectivity index (χ0v) is 19.0. The number of ether oxygens (including phenoxy) is 1. The van der Waals surface area contributed by atoms with E-state index in [2.05, 4.69) is 0 Å². The molecule has 0 heterocycles. The molecule has 0 saturated heterocycles. The van der Waals surface area contributed by atoms with Crippen LogP contribution >= 0.6 is 0 Å². The molecule has 0 bridgehead atoms. The van der Waals surface area contributed by atoms with Crippen molar-refractivity contribution in [1.29, 1.82) is 0 Å². The summed E-state index contributed by atoms with van der Waals surface area (Å²) in [5.74, 6) is -1.37. The molecule has 0 spiro atoms. The Kier molecular flexibility index (Phi) is 6.82. The Morgan fingerprint density at radius 1 is 0.943 bits per heavy atom. The first-order valence-corrected chi connectivity index (χ1v) is 11.1. The van der Waals surface area contributed by atoms with Crippen LogP contribution in [0, 0.1) is 0 Å². The van der Waals surface area contributed by atoms with Gasteiger partial charge in [-0.05, 0) is 52.8 Å². The van der Waals surface area contributed by atoms with Gasteiger partial charge < -0.3 is 9.84 Å². The molecular weight excluding hydrogens is 459 g/mol. The normalized spacial score (nSPS) is 13.6. The van der Waals surface area contributed by atoms with Crippen molar-refractivity contribution < 1.29 is 32.6 Å². The summed E-state index contributed by atoms with van der Waals surface area (Å²) in [6.45, 7) is 0.0580. The van der Waals surface area contributed by atoms with E-state index in [0.717, 1.165) is 39.3 Å². The van der Waals surface area contributed by atoms with Gasteiger partial charge in [0.1, 0.15) is 12.6 Å². The largest absolute Gasteiger partial charge is 0.480 e. The molecule has 1 amide bonds. The molecule has 0 unspecified atom stereocenters. The highest BCUT2D eigenvalue weighted by Crippen LogP contribution is 2.44. The van der Waals surface area contributed by atoms with Crippen molar-refractivity contribution in [3.05, 3.63) is 95.1 Å². The highest BCUT2D eigenvalue weighted by atomic mass is 19.4. The van der Waals surface area contributed by atoms with Crippen LogP contribution in [0.4, 0.5) is 18.0 Å². The van der Waals surface area contributed by atoms with Crippen LogP contribution in [0.5, 0.6) is 0 Å². The summed E-state index contributed by atoms with van der Waals surface area (Å²) < 4.78 is 43.8. The van der Waals surface area contributed by atoms with E-state index in [1.54, 1.807) is 0 Å². The Morgan fingerprint density at radius 2 is 1.49 bits per heavy atom. The second kappa shape index (κ2) is 9.82. The number of carboxylic acids is 1. The SMILES string of the molecule is CN(C(=O)OCC1c2ccccc2-c2ccccc21)[C@@H](CCc1ccc(C(F)(F)F)cc1)C(=O)O. The summed E-state index contributed by atoms with van der Waals surface area (Å²) in [5, 5.41) is 9.66. The fourth-order valence-electron chi connectivity index (χ4n) is 4.47. The topological polar surface area (TPSA) is 66.8 Å². The maximum Gasteiger partial charge on any atom is 0.416 e. The number of nitrogens with zero attached hydrogens (tertiary/aromatic N) is 1. The standard InChI is InChI=1S/C27H24F3NO4/c1-31(24(25(32)33)15-12-17-10-13-18(14-11-17)27(28,29)30)26(34)35-16-23-21-8-4-2-6-19(21)20-7-3-5-9-22(20)23/h2-11,13-14,23-24H,12,15-16H2,1H3,(H,32,33)/t24-/m0/s1. The van der Waals surface area contributed by atoms with E-state index in [9.17, 15) is 27.9 Å². The van der Waals surface area contributed by atoms with Crippen LogP contribution in [-0.2, 0) is 22.1 Å². The van der Waals surface area contributed by atoms with Gasteiger partial charge >= 0.3 is 18.2 Å². The number of benzene rings is 3. The first-order valence-electron chi connectivity index (χ1n) is 11.1. The smallest absolute Gasteiger partial charge is 0.416 e. The van der Waals surface area contributed by atoms with Gasteiger partial charge in [0.15, 0.2) is 0 Å². The number of alkyl halides is 3. The third kappa shape index (κ3) is 5.16. The lowest BCUT2D eigenvalue weighted by Crippen LogP contribution is -2.43. The molecule has 1 atom stereocenters. The van der Waals surface area contributed by atoms with Crippen LogP contribution in [0.25, 0.3) is 11.1 Å². The van der Waals surface area contributed by atoms with Crippen LogP contribution < -0.4 is 0 Å². The average molecular weight is 483 g/mol. The van der Waals surface area contributed by atoms with E-state index < -0.39 is 29.8 Å². The number of carbonyl (C=O) groups excluding carboxylic acids is 1. The number of aryl methyl sites for hydroxylation is 1. The number of halogens is 3. The van der Waals surface area contributed by atoms with Gasteiger partial charge in [0, 0.05) is 13.0 Å². The summed E-state index contributed by atoms with van der Waals surface area (Å²) in [6.07, 6.45) is -4.99.